The van der Waals surface area contributed by atoms with Crippen LogP contribution in [0.2, 0.25) is 5.02 Å². The van der Waals surface area contributed by atoms with Gasteiger partial charge in [0.2, 0.25) is 5.91 Å². The van der Waals surface area contributed by atoms with E-state index in [-0.39, 0.29) is 10.6 Å². The van der Waals surface area contributed by atoms with Crippen molar-refractivity contribution in [3.63, 3.8) is 0 Å². The molecular weight excluding hydrogens is 473 g/mol. The fourth-order valence-corrected chi connectivity index (χ4v) is 4.32. The fourth-order valence-electron chi connectivity index (χ4n) is 4.06. The van der Waals surface area contributed by atoms with E-state index in [1.165, 1.54) is 35.2 Å². The Morgan fingerprint density at radius 2 is 1.86 bits per heavy atom. The number of carbonyl (C=O) groups excluding carboxylic acids is 1. The fraction of sp³-hybridized carbons (Fsp3) is 0.0800. The lowest BCUT2D eigenvalue weighted by Crippen LogP contribution is -2.20. The first-order chi connectivity index (χ1) is 16.8. The number of fused-ring (bicyclic) bond motifs is 1. The second-order valence-electron chi connectivity index (χ2n) is 8.01. The van der Waals surface area contributed by atoms with E-state index in [1.807, 2.05) is 6.92 Å². The maximum absolute atomic E-state index is 13.6. The second-order valence-corrected chi connectivity index (χ2v) is 8.42. The number of aromatic nitrogens is 4. The molecule has 0 spiro atoms. The number of hydrogen-bond acceptors (Lipinski definition) is 6. The number of halogens is 2. The zero-order valence-corrected chi connectivity index (χ0v) is 19.3. The Hall–Kier alpha value is -4.37. The number of aryl methyl sites for hydroxylation is 2. The molecule has 3 aromatic heterocycles. The molecule has 0 fully saturated rings. The van der Waals surface area contributed by atoms with Gasteiger partial charge in [0.05, 0.1) is 27.9 Å². The monoisotopic (exact) mass is 489 g/mol. The van der Waals surface area contributed by atoms with E-state index in [0.29, 0.717) is 50.1 Å². The van der Waals surface area contributed by atoms with Crippen LogP contribution in [-0.2, 0) is 7.05 Å². The molecule has 2 aromatic carbocycles. The molecule has 0 aliphatic rings. The molecular formula is C25H17ClFN5O3. The molecule has 8 nitrogen and oxygen atoms in total. The van der Waals surface area contributed by atoms with Gasteiger partial charge in [-0.25, -0.2) is 4.39 Å². The van der Waals surface area contributed by atoms with Crippen molar-refractivity contribution in [1.82, 2.24) is 19.9 Å². The predicted molar refractivity (Wildman–Crippen MR) is 129 cm³/mol. The molecule has 0 atom stereocenters. The molecule has 0 bridgehead atoms. The molecule has 5 rings (SSSR count). The van der Waals surface area contributed by atoms with Crippen LogP contribution in [0.1, 0.15) is 15.9 Å². The zero-order chi connectivity index (χ0) is 24.9. The number of pyridine rings is 1. The summed E-state index contributed by atoms with van der Waals surface area (Å²) in [6, 6.07) is 10.6. The van der Waals surface area contributed by atoms with E-state index in [2.05, 4.69) is 15.4 Å². The molecule has 0 saturated carbocycles. The lowest BCUT2D eigenvalue weighted by Gasteiger charge is -2.13. The molecule has 10 heteroatoms. The Labute approximate surface area is 202 Å². The highest BCUT2D eigenvalue weighted by molar-refractivity contribution is 6.33. The third-order valence-corrected chi connectivity index (χ3v) is 6.16. The number of rotatable bonds is 4. The number of primary amides is 1. The van der Waals surface area contributed by atoms with E-state index in [0.717, 1.165) is 5.56 Å². The Morgan fingerprint density at radius 1 is 1.06 bits per heavy atom. The average Bonchev–Trinajstić information content (AvgIpc) is 3.30. The standard InChI is InChI=1S/C25H17ClFN5O3/c1-12-3-4-13(24(28)33)7-17(12)21-19(11-35-31-21)18-8-14-10-29-30-22(23(14)32(2)25(18)34)16-6-5-15(27)9-20(16)26/h3-11H,1-2H3,(H2,28,33). The summed E-state index contributed by atoms with van der Waals surface area (Å²) in [6.07, 6.45) is 2.89. The van der Waals surface area contributed by atoms with Crippen molar-refractivity contribution in [1.29, 1.82) is 0 Å². The molecule has 0 unspecified atom stereocenters. The highest BCUT2D eigenvalue weighted by Crippen LogP contribution is 2.35. The molecule has 1 amide bonds. The van der Waals surface area contributed by atoms with Gasteiger partial charge in [0.1, 0.15) is 23.5 Å². The van der Waals surface area contributed by atoms with Gasteiger partial charge < -0.3 is 14.8 Å². The first-order valence-electron chi connectivity index (χ1n) is 10.4. The molecule has 35 heavy (non-hydrogen) atoms. The van der Waals surface area contributed by atoms with Crippen LogP contribution in [0.3, 0.4) is 0 Å². The maximum atomic E-state index is 13.6. The molecule has 5 aromatic rings. The summed E-state index contributed by atoms with van der Waals surface area (Å²) >= 11 is 6.26. The van der Waals surface area contributed by atoms with Crippen molar-refractivity contribution in [3.05, 3.63) is 87.2 Å². The zero-order valence-electron chi connectivity index (χ0n) is 18.5. The number of amides is 1. The molecule has 0 saturated heterocycles. The number of nitrogens with two attached hydrogens (primary N) is 1. The molecule has 3 heterocycles. The predicted octanol–water partition coefficient (Wildman–Crippen LogP) is 4.52. The number of nitrogens with zero attached hydrogens (tertiary/aromatic N) is 4. The SMILES string of the molecule is Cc1ccc(C(N)=O)cc1-c1nocc1-c1cc2cnnc(-c3ccc(F)cc3Cl)c2n(C)c1=O. The Morgan fingerprint density at radius 3 is 2.60 bits per heavy atom. The largest absolute Gasteiger partial charge is 0.366 e. The molecule has 0 aliphatic heterocycles. The van der Waals surface area contributed by atoms with Crippen LogP contribution >= 0.6 is 11.6 Å². The topological polar surface area (TPSA) is 117 Å². The summed E-state index contributed by atoms with van der Waals surface area (Å²) in [5.41, 5.74) is 9.24. The van der Waals surface area contributed by atoms with Gasteiger partial charge in [-0.05, 0) is 48.9 Å². The van der Waals surface area contributed by atoms with Crippen LogP contribution in [-0.4, -0.2) is 25.8 Å². The van der Waals surface area contributed by atoms with E-state index >= 15 is 0 Å². The summed E-state index contributed by atoms with van der Waals surface area (Å²) in [5, 5.41) is 13.1. The van der Waals surface area contributed by atoms with Crippen molar-refractivity contribution in [3.8, 4) is 33.6 Å². The van der Waals surface area contributed by atoms with Crippen molar-refractivity contribution >= 4 is 28.4 Å². The number of hydrogen-bond donors (Lipinski definition) is 1. The normalized spacial score (nSPS) is 11.2. The molecule has 174 valence electrons. The van der Waals surface area contributed by atoms with E-state index in [4.69, 9.17) is 21.9 Å². The summed E-state index contributed by atoms with van der Waals surface area (Å²) in [7, 11) is 1.60. The smallest absolute Gasteiger partial charge is 0.258 e. The first-order valence-corrected chi connectivity index (χ1v) is 10.8. The molecule has 0 radical (unpaired) electrons. The number of benzene rings is 2. The van der Waals surface area contributed by atoms with Gasteiger partial charge in [-0.1, -0.05) is 22.8 Å². The van der Waals surface area contributed by atoms with Crippen LogP contribution in [0.5, 0.6) is 0 Å². The van der Waals surface area contributed by atoms with Gasteiger partial charge in [-0.15, -0.1) is 5.10 Å². The Bertz CT molecular complexity index is 1710. The highest BCUT2D eigenvalue weighted by Gasteiger charge is 2.21. The minimum atomic E-state index is -0.580. The van der Waals surface area contributed by atoms with Crippen LogP contribution in [0, 0.1) is 12.7 Å². The van der Waals surface area contributed by atoms with Crippen molar-refractivity contribution in [2.45, 2.75) is 6.92 Å². The van der Waals surface area contributed by atoms with E-state index < -0.39 is 11.7 Å². The number of carbonyl (C=O) groups is 1. The van der Waals surface area contributed by atoms with Gasteiger partial charge in [0, 0.05) is 29.1 Å². The minimum absolute atomic E-state index is 0.148. The summed E-state index contributed by atoms with van der Waals surface area (Å²) in [6.45, 7) is 1.85. The highest BCUT2D eigenvalue weighted by atomic mass is 35.5. The van der Waals surface area contributed by atoms with E-state index in [9.17, 15) is 14.0 Å². The quantitative estimate of drug-likeness (QED) is 0.396. The second kappa shape index (κ2) is 8.44. The van der Waals surface area contributed by atoms with Gasteiger partial charge in [0.15, 0.2) is 0 Å². The molecule has 2 N–H and O–H groups in total. The maximum Gasteiger partial charge on any atom is 0.258 e. The Kier molecular flexibility index (Phi) is 5.41. The van der Waals surface area contributed by atoms with Gasteiger partial charge in [-0.3, -0.25) is 9.59 Å². The van der Waals surface area contributed by atoms with Crippen LogP contribution in [0.25, 0.3) is 44.5 Å². The van der Waals surface area contributed by atoms with Gasteiger partial charge >= 0.3 is 0 Å². The minimum Gasteiger partial charge on any atom is -0.366 e. The van der Waals surface area contributed by atoms with Crippen LogP contribution in [0.15, 0.2) is 64.2 Å². The lowest BCUT2D eigenvalue weighted by atomic mass is 9.96. The van der Waals surface area contributed by atoms with Crippen molar-refractivity contribution in [2.75, 3.05) is 0 Å². The molecule has 0 aliphatic carbocycles. The summed E-state index contributed by atoms with van der Waals surface area (Å²) in [4.78, 5) is 25.2. The average molecular weight is 490 g/mol. The van der Waals surface area contributed by atoms with Crippen LogP contribution in [0.4, 0.5) is 4.39 Å². The van der Waals surface area contributed by atoms with Gasteiger partial charge in [0.25, 0.3) is 5.56 Å². The Balaban J connectivity index is 1.74. The van der Waals surface area contributed by atoms with Gasteiger partial charge in [-0.2, -0.15) is 5.10 Å². The van der Waals surface area contributed by atoms with Crippen molar-refractivity contribution < 1.29 is 13.7 Å². The van der Waals surface area contributed by atoms with Crippen molar-refractivity contribution in [2.24, 2.45) is 12.8 Å². The first kappa shape index (κ1) is 22.4. The van der Waals surface area contributed by atoms with Crippen LogP contribution < -0.4 is 11.3 Å². The van der Waals surface area contributed by atoms with E-state index in [1.54, 1.807) is 31.3 Å². The lowest BCUT2D eigenvalue weighted by molar-refractivity contribution is 0.100. The third-order valence-electron chi connectivity index (χ3n) is 5.85. The summed E-state index contributed by atoms with van der Waals surface area (Å²) < 4.78 is 20.3. The summed E-state index contributed by atoms with van der Waals surface area (Å²) in [5.74, 6) is -1.07. The third kappa shape index (κ3) is 3.75.